The summed E-state index contributed by atoms with van der Waals surface area (Å²) in [4.78, 5) is 52.3. The van der Waals surface area contributed by atoms with E-state index in [2.05, 4.69) is 17.1 Å². The average Bonchev–Trinajstić information content (AvgIpc) is 3.44. The predicted octanol–water partition coefficient (Wildman–Crippen LogP) is 2.51. The second-order valence-electron chi connectivity index (χ2n) is 9.39. The molecule has 10 heteroatoms. The predicted molar refractivity (Wildman–Crippen MR) is 134 cm³/mol. The van der Waals surface area contributed by atoms with E-state index < -0.39 is 42.0 Å². The Kier molecular flexibility index (Phi) is 6.66. The van der Waals surface area contributed by atoms with Crippen LogP contribution in [0, 0.1) is 6.92 Å². The molecule has 0 spiro atoms. The number of fused-ring (bicyclic) bond motifs is 3. The fourth-order valence-corrected chi connectivity index (χ4v) is 5.29. The van der Waals surface area contributed by atoms with Gasteiger partial charge in [-0.15, -0.1) is 0 Å². The molecular formula is C27H27N3O7. The minimum atomic E-state index is -1.12. The maximum atomic E-state index is 13.3. The highest BCUT2D eigenvalue weighted by Crippen LogP contribution is 2.44. The monoisotopic (exact) mass is 505 g/mol. The minimum Gasteiger partial charge on any atom is -0.480 e. The largest absolute Gasteiger partial charge is 0.480 e. The molecule has 2 aliphatic rings. The number of carbonyl (C=O) groups excluding carboxylic acids is 1. The summed E-state index contributed by atoms with van der Waals surface area (Å²) in [6.45, 7) is 1.36. The van der Waals surface area contributed by atoms with Crippen LogP contribution in [0.5, 0.6) is 0 Å². The van der Waals surface area contributed by atoms with E-state index in [0.717, 1.165) is 22.3 Å². The molecule has 1 fully saturated rings. The second-order valence-corrected chi connectivity index (χ2v) is 9.39. The van der Waals surface area contributed by atoms with Crippen molar-refractivity contribution in [2.24, 2.45) is 0 Å². The van der Waals surface area contributed by atoms with Crippen LogP contribution in [0.3, 0.4) is 0 Å². The standard InChI is InChI=1S/C27H27N3O7/c1-16-11-29(26(34)28-25(16)33)17-10-18(13-36-15-24(31)32)30(12-17)27(35)37-14-23-21-8-4-2-6-19(21)20-7-3-5-9-22(20)23/h2-9,11,17-18,23H,10,12-15H2,1H3,(H,31,32)(H,28,33,34)/t17-,18+/m1/s1. The first kappa shape index (κ1) is 24.5. The van der Waals surface area contributed by atoms with Gasteiger partial charge in [-0.1, -0.05) is 48.5 Å². The van der Waals surface area contributed by atoms with E-state index in [1.807, 2.05) is 36.4 Å². The highest BCUT2D eigenvalue weighted by atomic mass is 16.6. The third-order valence-electron chi connectivity index (χ3n) is 7.04. The van der Waals surface area contributed by atoms with Crippen molar-refractivity contribution in [3.8, 4) is 11.1 Å². The summed E-state index contributed by atoms with van der Waals surface area (Å²) in [6, 6.07) is 15.1. The Balaban J connectivity index is 1.35. The van der Waals surface area contributed by atoms with Gasteiger partial charge in [-0.3, -0.25) is 14.3 Å². The number of aromatic nitrogens is 2. The Morgan fingerprint density at radius 1 is 1.03 bits per heavy atom. The van der Waals surface area contributed by atoms with Gasteiger partial charge >= 0.3 is 17.8 Å². The van der Waals surface area contributed by atoms with Crippen molar-refractivity contribution in [1.29, 1.82) is 0 Å². The quantitative estimate of drug-likeness (QED) is 0.504. The number of carboxylic acids is 1. The molecule has 1 saturated heterocycles. The third-order valence-corrected chi connectivity index (χ3v) is 7.04. The number of H-pyrrole nitrogens is 1. The lowest BCUT2D eigenvalue weighted by molar-refractivity contribution is -0.142. The zero-order chi connectivity index (χ0) is 26.1. The lowest BCUT2D eigenvalue weighted by Crippen LogP contribution is -2.40. The van der Waals surface area contributed by atoms with Crippen LogP contribution in [-0.2, 0) is 14.3 Å². The normalized spacial score (nSPS) is 18.5. The average molecular weight is 506 g/mol. The minimum absolute atomic E-state index is 0.0237. The van der Waals surface area contributed by atoms with Crippen molar-refractivity contribution in [1.82, 2.24) is 14.5 Å². The summed E-state index contributed by atoms with van der Waals surface area (Å²) in [5, 5.41) is 8.94. The number of amides is 1. The van der Waals surface area contributed by atoms with Crippen molar-refractivity contribution < 1.29 is 24.2 Å². The number of nitrogens with zero attached hydrogens (tertiary/aromatic N) is 2. The molecular weight excluding hydrogens is 478 g/mol. The second kappa shape index (κ2) is 10.1. The highest BCUT2D eigenvalue weighted by Gasteiger charge is 2.39. The zero-order valence-corrected chi connectivity index (χ0v) is 20.3. The first-order chi connectivity index (χ1) is 17.8. The van der Waals surface area contributed by atoms with Gasteiger partial charge in [0, 0.05) is 24.2 Å². The Morgan fingerprint density at radius 3 is 2.32 bits per heavy atom. The first-order valence-electron chi connectivity index (χ1n) is 12.1. The third kappa shape index (κ3) is 4.79. The molecule has 37 heavy (non-hydrogen) atoms. The number of aromatic amines is 1. The van der Waals surface area contributed by atoms with Gasteiger partial charge in [0.1, 0.15) is 13.2 Å². The number of likely N-dealkylation sites (tertiary alicyclic amines) is 1. The van der Waals surface area contributed by atoms with E-state index in [4.69, 9.17) is 14.6 Å². The zero-order valence-electron chi connectivity index (χ0n) is 20.3. The molecule has 192 valence electrons. The highest BCUT2D eigenvalue weighted by molar-refractivity contribution is 5.79. The van der Waals surface area contributed by atoms with Crippen LogP contribution in [0.4, 0.5) is 4.79 Å². The van der Waals surface area contributed by atoms with Crippen molar-refractivity contribution in [2.45, 2.75) is 31.3 Å². The van der Waals surface area contributed by atoms with E-state index in [1.54, 1.807) is 6.92 Å². The van der Waals surface area contributed by atoms with Gasteiger partial charge in [0.2, 0.25) is 0 Å². The molecule has 1 amide bonds. The Morgan fingerprint density at radius 2 is 1.68 bits per heavy atom. The summed E-state index contributed by atoms with van der Waals surface area (Å²) < 4.78 is 12.5. The molecule has 1 aliphatic carbocycles. The van der Waals surface area contributed by atoms with E-state index in [1.165, 1.54) is 15.7 Å². The maximum absolute atomic E-state index is 13.3. The van der Waals surface area contributed by atoms with Crippen LogP contribution in [0.2, 0.25) is 0 Å². The van der Waals surface area contributed by atoms with Crippen LogP contribution in [0.25, 0.3) is 11.1 Å². The van der Waals surface area contributed by atoms with Crippen molar-refractivity contribution in [2.75, 3.05) is 26.4 Å². The molecule has 1 aromatic heterocycles. The molecule has 3 aromatic rings. The number of carbonyl (C=O) groups is 2. The number of aliphatic carboxylic acids is 1. The Bertz CT molecular complexity index is 1420. The number of rotatable bonds is 7. The Hall–Kier alpha value is -4.18. The van der Waals surface area contributed by atoms with Gasteiger partial charge in [0.25, 0.3) is 5.56 Å². The number of aryl methyl sites for hydroxylation is 1. The van der Waals surface area contributed by atoms with E-state index >= 15 is 0 Å². The molecule has 0 saturated carbocycles. The van der Waals surface area contributed by atoms with E-state index in [9.17, 15) is 19.2 Å². The molecule has 0 radical (unpaired) electrons. The number of hydrogen-bond donors (Lipinski definition) is 2. The van der Waals surface area contributed by atoms with Crippen LogP contribution in [0.15, 0.2) is 64.3 Å². The van der Waals surface area contributed by atoms with Crippen molar-refractivity contribution in [3.63, 3.8) is 0 Å². The van der Waals surface area contributed by atoms with Gasteiger partial charge in [-0.05, 0) is 35.6 Å². The van der Waals surface area contributed by atoms with Crippen LogP contribution < -0.4 is 11.2 Å². The van der Waals surface area contributed by atoms with Gasteiger partial charge in [-0.2, -0.15) is 0 Å². The molecule has 0 bridgehead atoms. The molecule has 2 atom stereocenters. The fourth-order valence-electron chi connectivity index (χ4n) is 5.29. The van der Waals surface area contributed by atoms with E-state index in [-0.39, 0.29) is 25.7 Å². The van der Waals surface area contributed by atoms with E-state index in [0.29, 0.717) is 12.0 Å². The molecule has 1 aliphatic heterocycles. The van der Waals surface area contributed by atoms with Gasteiger partial charge in [0.05, 0.1) is 18.7 Å². The summed E-state index contributed by atoms with van der Waals surface area (Å²) >= 11 is 0. The van der Waals surface area contributed by atoms with Crippen molar-refractivity contribution >= 4 is 12.1 Å². The summed E-state index contributed by atoms with van der Waals surface area (Å²) in [7, 11) is 0. The van der Waals surface area contributed by atoms with Gasteiger partial charge < -0.3 is 19.5 Å². The SMILES string of the molecule is Cc1cn([C@@H]2C[C@@H](COCC(=O)O)N(C(=O)OCC3c4ccccc4-c4ccccc43)C2)c(=O)[nH]c1=O. The maximum Gasteiger partial charge on any atom is 0.410 e. The number of nitrogens with one attached hydrogen (secondary N) is 1. The Labute approximate surface area is 212 Å². The molecule has 2 aromatic carbocycles. The molecule has 10 nitrogen and oxygen atoms in total. The smallest absolute Gasteiger partial charge is 0.410 e. The van der Waals surface area contributed by atoms with Gasteiger partial charge in [-0.25, -0.2) is 14.4 Å². The lowest BCUT2D eigenvalue weighted by Gasteiger charge is -2.24. The fraction of sp³-hybridized carbons (Fsp3) is 0.333. The molecule has 0 unspecified atom stereocenters. The number of carboxylic acid groups (broad SMARTS) is 1. The molecule has 2 N–H and O–H groups in total. The van der Waals surface area contributed by atoms with Crippen LogP contribution in [-0.4, -0.2) is 64.0 Å². The summed E-state index contributed by atoms with van der Waals surface area (Å²) in [5.74, 6) is -1.23. The van der Waals surface area contributed by atoms with Gasteiger partial charge in [0.15, 0.2) is 0 Å². The van der Waals surface area contributed by atoms with Crippen molar-refractivity contribution in [3.05, 3.63) is 92.3 Å². The number of hydrogen-bond acceptors (Lipinski definition) is 6. The first-order valence-corrected chi connectivity index (χ1v) is 12.1. The lowest BCUT2D eigenvalue weighted by atomic mass is 9.98. The van der Waals surface area contributed by atoms with Crippen LogP contribution in [0.1, 0.15) is 35.1 Å². The molecule has 2 heterocycles. The summed E-state index contributed by atoms with van der Waals surface area (Å²) in [6.07, 6.45) is 1.25. The summed E-state index contributed by atoms with van der Waals surface area (Å²) in [5.41, 5.74) is 3.76. The molecule has 5 rings (SSSR count). The topological polar surface area (TPSA) is 131 Å². The van der Waals surface area contributed by atoms with Crippen LogP contribution >= 0.6 is 0 Å². The number of benzene rings is 2. The number of ether oxygens (including phenoxy) is 2.